The van der Waals surface area contributed by atoms with E-state index in [-0.39, 0.29) is 113 Å². The molecule has 6 aliphatic rings. The van der Waals surface area contributed by atoms with Crippen LogP contribution in [0.2, 0.25) is 0 Å². The topological polar surface area (TPSA) is 707 Å². The van der Waals surface area contributed by atoms with E-state index in [4.69, 9.17) is 56.8 Å². The first-order valence-electron chi connectivity index (χ1n) is 45.6. The molecule has 0 bridgehead atoms. The average molecular weight is 2180 g/mol. The number of unbranched alkanes of at least 4 members (excludes halogenated alkanes) is 6. The van der Waals surface area contributed by atoms with Gasteiger partial charge in [0, 0.05) is 130 Å². The standard InChI is InChI=1S/C16H26N2O6S2.3C15H24N2O6S2.C13H22N2O4S2.C10H17NO3S2/c1-10(16(23)24)17-15(22)12(6-7-14(20)21)18-13(19)5-3-2-4-11-8-9-25-26-11;1-9(15(22)23)16-14(21)11(8-13(19)20)17-12(18)5-3-2-4-10-6-7-24-25-10;2*18-12(4-2-1-3-10-7-8-24-25-10)17-11(5-6-13(19)20)15(23)16-9-14(21)22;14-11(16)6-5-10(13(18)19)15-12(17)4-2-1-3-9-7-8-20-21-9;12-9(11-7-10(13)14)4-2-1-3-8-5-6-15-16-8/h10-12H,2-9H2,1H3,(H,17,22)(H,18,19)(H,20,21)(H,23,24);9-11H,2-8H2,1H3,(H,16,21)(H,17,18)(H,19,20)(H,22,23);2*10-11H,1-9H2,(H,16,23)(H,17,18)(H,19,20)(H,21,22);9-10H,1-8H2,(H2,14,16)(H,15,17)(H,18,19);8H,1-7H2,(H,11,12)(H,13,14). The fourth-order valence-electron chi connectivity index (χ4n) is 12.8. The van der Waals surface area contributed by atoms with Gasteiger partial charge >= 0.3 is 59.7 Å². The molecule has 13 unspecified atom stereocenters. The predicted molar refractivity (Wildman–Crippen MR) is 543 cm³/mol. The van der Waals surface area contributed by atoms with E-state index in [0.29, 0.717) is 64.8 Å². The molecule has 6 aliphatic heterocycles. The van der Waals surface area contributed by atoms with Crippen LogP contribution in [-0.2, 0) is 101 Å². The van der Waals surface area contributed by atoms with E-state index in [2.05, 4.69) is 53.2 Å². The van der Waals surface area contributed by atoms with E-state index in [9.17, 15) is 101 Å². The highest BCUT2D eigenvalue weighted by molar-refractivity contribution is 8.78. The van der Waals surface area contributed by atoms with Crippen LogP contribution in [0, 0.1) is 0 Å². The summed E-state index contributed by atoms with van der Waals surface area (Å²) in [4.78, 5) is 236. The van der Waals surface area contributed by atoms with Gasteiger partial charge in [-0.25, -0.2) is 4.79 Å². The third kappa shape index (κ3) is 71.5. The van der Waals surface area contributed by atoms with E-state index >= 15 is 0 Å². The minimum absolute atomic E-state index is 0.0341. The second-order valence-electron chi connectivity index (χ2n) is 32.3. The van der Waals surface area contributed by atoms with Crippen molar-refractivity contribution in [2.24, 2.45) is 5.73 Å². The first kappa shape index (κ1) is 129. The van der Waals surface area contributed by atoms with Gasteiger partial charge in [0.15, 0.2) is 0 Å². The number of carboxylic acid groups (broad SMARTS) is 10. The molecule has 42 nitrogen and oxygen atoms in total. The Morgan fingerprint density at radius 1 is 0.254 bits per heavy atom. The van der Waals surface area contributed by atoms with Gasteiger partial charge < -0.3 is 110 Å². The number of nitrogens with one attached hydrogen (secondary N) is 10. The Morgan fingerprint density at radius 2 is 0.486 bits per heavy atom. The van der Waals surface area contributed by atoms with Crippen LogP contribution in [-0.4, -0.2) is 304 Å². The predicted octanol–water partition coefficient (Wildman–Crippen LogP) is 8.83. The highest BCUT2D eigenvalue weighted by Gasteiger charge is 2.31. The highest BCUT2D eigenvalue weighted by Crippen LogP contribution is 2.44. The van der Waals surface area contributed by atoms with Crippen LogP contribution in [0.3, 0.4) is 0 Å². The zero-order valence-corrected chi connectivity index (χ0v) is 87.3. The van der Waals surface area contributed by atoms with Crippen molar-refractivity contribution in [3.63, 3.8) is 0 Å². The lowest BCUT2D eigenvalue weighted by Crippen LogP contribution is -2.51. The fraction of sp³-hybridized carbons (Fsp3) is 0.750. The molecule has 138 heavy (non-hydrogen) atoms. The minimum atomic E-state index is -1.28. The molecular weight excluding hydrogens is 2040 g/mol. The molecule has 13 atom stereocenters. The summed E-state index contributed by atoms with van der Waals surface area (Å²) in [6.45, 7) is 1.15. The Labute approximate surface area is 850 Å². The molecular formula is C84H137N11O31S12. The molecule has 6 saturated heterocycles. The second kappa shape index (κ2) is 79.5. The average Bonchev–Trinajstić information content (AvgIpc) is 1.85. The molecule has 0 aliphatic carbocycles. The maximum absolute atomic E-state index is 12.1. The van der Waals surface area contributed by atoms with Crippen LogP contribution < -0.4 is 58.9 Å². The summed E-state index contributed by atoms with van der Waals surface area (Å²) in [7, 11) is 22.8. The van der Waals surface area contributed by atoms with Crippen LogP contribution >= 0.6 is 130 Å². The normalized spacial score (nSPS) is 18.6. The van der Waals surface area contributed by atoms with Crippen molar-refractivity contribution in [2.75, 3.05) is 54.2 Å². The molecule has 6 heterocycles. The summed E-state index contributed by atoms with van der Waals surface area (Å²) in [6.07, 6.45) is 23.9. The van der Waals surface area contributed by atoms with Gasteiger partial charge in [0.05, 0.1) is 6.42 Å². The molecule has 0 saturated carbocycles. The van der Waals surface area contributed by atoms with E-state index in [1.165, 1.54) is 87.6 Å². The highest BCUT2D eigenvalue weighted by atomic mass is 33.1. The summed E-state index contributed by atoms with van der Waals surface area (Å²) in [5, 5.41) is 115. The van der Waals surface area contributed by atoms with Crippen LogP contribution in [0.4, 0.5) is 0 Å². The molecule has 786 valence electrons. The molecule has 0 aromatic carbocycles. The number of hydrogen-bond acceptors (Lipinski definition) is 33. The molecule has 22 N–H and O–H groups in total. The number of primary amides is 1. The number of carbonyl (C=O) groups is 21. The first-order valence-corrected chi connectivity index (χ1v) is 59.9. The first-order chi connectivity index (χ1) is 65.5. The van der Waals surface area contributed by atoms with Gasteiger partial charge in [0.25, 0.3) is 0 Å². The van der Waals surface area contributed by atoms with Crippen LogP contribution in [0.5, 0.6) is 0 Å². The number of nitrogens with two attached hydrogens (primary N) is 1. The van der Waals surface area contributed by atoms with Crippen molar-refractivity contribution in [3.05, 3.63) is 0 Å². The van der Waals surface area contributed by atoms with Gasteiger partial charge in [-0.15, -0.1) is 0 Å². The summed E-state index contributed by atoms with van der Waals surface area (Å²) in [5.41, 5.74) is 4.98. The number of carbonyl (C=O) groups excluding carboxylic acids is 11. The Hall–Kier alpha value is -6.93. The number of rotatable bonds is 64. The van der Waals surface area contributed by atoms with Crippen molar-refractivity contribution in [1.29, 1.82) is 0 Å². The quantitative estimate of drug-likeness (QED) is 0.0200. The molecule has 0 radical (unpaired) electrons. The largest absolute Gasteiger partial charge is 0.481 e. The van der Waals surface area contributed by atoms with Gasteiger partial charge in [-0.2, -0.15) is 0 Å². The van der Waals surface area contributed by atoms with Gasteiger partial charge in [-0.05, 0) is 155 Å². The lowest BCUT2D eigenvalue weighted by molar-refractivity contribution is -0.143. The maximum atomic E-state index is 12.1. The summed E-state index contributed by atoms with van der Waals surface area (Å²) >= 11 is 0. The lowest BCUT2D eigenvalue weighted by Gasteiger charge is -2.19. The molecule has 0 aromatic heterocycles. The van der Waals surface area contributed by atoms with Crippen molar-refractivity contribution in [1.82, 2.24) is 53.2 Å². The minimum Gasteiger partial charge on any atom is -0.481 e. The van der Waals surface area contributed by atoms with Gasteiger partial charge in [0.1, 0.15) is 61.9 Å². The van der Waals surface area contributed by atoms with E-state index in [1.54, 1.807) is 0 Å². The maximum Gasteiger partial charge on any atom is 0.326 e. The SMILES string of the molecule is CC(NC(=O)C(CC(=O)O)NC(=O)CCCCC1CCSS1)C(=O)O.CC(NC(=O)C(CCC(=O)O)NC(=O)CCCCC1CCSS1)C(=O)O.NC(=O)CCC(NC(=O)CCCCC1CCSS1)C(=O)O.O=C(O)CCC(NC(=O)CCCCC1CCSS1)C(=O)NCC(=O)O.O=C(O)CCC(NC(=O)CCCCC1CCSS1)C(=O)NCC(=O)O.O=C(O)CNC(=O)CCCCC1CCSS1. The van der Waals surface area contributed by atoms with E-state index in [0.717, 1.165) is 94.5 Å². The molecule has 0 aromatic rings. The van der Waals surface area contributed by atoms with Gasteiger partial charge in [-0.1, -0.05) is 168 Å². The number of aliphatic carboxylic acids is 10. The molecule has 0 spiro atoms. The molecule has 54 heteroatoms. The smallest absolute Gasteiger partial charge is 0.326 e. The number of carboxylic acids is 10. The van der Waals surface area contributed by atoms with Crippen molar-refractivity contribution in [2.45, 2.75) is 338 Å². The van der Waals surface area contributed by atoms with Crippen LogP contribution in [0.25, 0.3) is 0 Å². The second-order valence-corrected chi connectivity index (χ2v) is 49.0. The van der Waals surface area contributed by atoms with E-state index in [1.807, 2.05) is 130 Å². The van der Waals surface area contributed by atoms with Gasteiger partial charge in [-0.3, -0.25) is 95.9 Å². The Balaban J connectivity index is 0.000000832. The summed E-state index contributed by atoms with van der Waals surface area (Å²) in [5.74, 6) is -9.62. The molecule has 6 fully saturated rings. The molecule has 11 amide bonds. The zero-order valence-electron chi connectivity index (χ0n) is 77.5. The van der Waals surface area contributed by atoms with Crippen molar-refractivity contribution >= 4 is 254 Å². The summed E-state index contributed by atoms with van der Waals surface area (Å²) < 4.78 is 0. The van der Waals surface area contributed by atoms with Crippen LogP contribution in [0.1, 0.15) is 264 Å². The lowest BCUT2D eigenvalue weighted by atomic mass is 10.1. The van der Waals surface area contributed by atoms with Crippen LogP contribution in [0.15, 0.2) is 0 Å². The number of hydrogen-bond donors (Lipinski definition) is 21. The monoisotopic (exact) mass is 2180 g/mol. The Kier molecular flexibility index (Phi) is 74.4. The zero-order chi connectivity index (χ0) is 103. The summed E-state index contributed by atoms with van der Waals surface area (Å²) in [6, 6.07) is -7.73. The fourth-order valence-corrected chi connectivity index (χ4v) is 31.0. The van der Waals surface area contributed by atoms with Gasteiger partial charge in [0.2, 0.25) is 65.0 Å². The number of amides is 11. The third-order valence-corrected chi connectivity index (χ3v) is 38.4. The van der Waals surface area contributed by atoms with Crippen molar-refractivity contribution < 1.29 is 152 Å². The third-order valence-electron chi connectivity index (χ3n) is 20.4. The Morgan fingerprint density at radius 3 is 0.710 bits per heavy atom. The van der Waals surface area contributed by atoms with Crippen molar-refractivity contribution in [3.8, 4) is 0 Å². The molecule has 6 rings (SSSR count). The Bertz CT molecular complexity index is 3710. The van der Waals surface area contributed by atoms with E-state index < -0.39 is 157 Å².